The number of nitrogens with zero attached hydrogens (tertiary/aromatic N) is 3. The number of hydrogen-bond donors (Lipinski definition) is 2. The Bertz CT molecular complexity index is 1520. The lowest BCUT2D eigenvalue weighted by molar-refractivity contribution is 0.0695. The molecule has 34 heavy (non-hydrogen) atoms. The number of carbonyl (C=O) groups is 1. The summed E-state index contributed by atoms with van der Waals surface area (Å²) in [4.78, 5) is 32.5. The minimum atomic E-state index is -1.37. The van der Waals surface area contributed by atoms with Gasteiger partial charge in [0.2, 0.25) is 11.4 Å². The first-order valence-electron chi connectivity index (χ1n) is 10.4. The normalized spacial score (nSPS) is 13.3. The van der Waals surface area contributed by atoms with E-state index < -0.39 is 34.4 Å². The number of benzene rings is 2. The molecule has 0 atom stereocenters. The molecule has 1 aliphatic rings. The number of fused-ring (bicyclic) bond motifs is 1. The van der Waals surface area contributed by atoms with Crippen LogP contribution >= 0.6 is 0 Å². The van der Waals surface area contributed by atoms with Gasteiger partial charge in [-0.3, -0.25) is 4.79 Å². The van der Waals surface area contributed by atoms with Crippen molar-refractivity contribution in [2.45, 2.75) is 25.3 Å². The molecule has 172 valence electrons. The number of pyridine rings is 1. The van der Waals surface area contributed by atoms with E-state index >= 15 is 0 Å². The van der Waals surface area contributed by atoms with Gasteiger partial charge in [-0.05, 0) is 48.7 Å². The summed E-state index contributed by atoms with van der Waals surface area (Å²) in [5, 5.41) is 12.1. The van der Waals surface area contributed by atoms with Gasteiger partial charge < -0.3 is 15.0 Å². The van der Waals surface area contributed by atoms with E-state index in [-0.39, 0.29) is 29.5 Å². The summed E-state index contributed by atoms with van der Waals surface area (Å²) < 4.78 is 43.2. The van der Waals surface area contributed by atoms with Gasteiger partial charge in [-0.2, -0.15) is 0 Å². The summed E-state index contributed by atoms with van der Waals surface area (Å²) in [6.45, 7) is 0. The number of hydrogen-bond acceptors (Lipinski definition) is 5. The zero-order valence-electron chi connectivity index (χ0n) is 17.6. The standard InChI is InChI=1S/C24H17F3N4O3/c25-17-4-1-12(8-18(17)26)7-13-5-6-28-24(29-13)30-20-10-21-15(9-19(20)27)22(32)16(23(33)34)11-31(21)14-2-3-14/h1,4-6,8-11,14H,2-3,7H2,(H,33,34)(H,28,29,30). The van der Waals surface area contributed by atoms with Crippen LogP contribution in [0.2, 0.25) is 0 Å². The molecule has 1 aliphatic carbocycles. The molecule has 2 heterocycles. The van der Waals surface area contributed by atoms with E-state index in [2.05, 4.69) is 15.3 Å². The number of anilines is 2. The third-order valence-corrected chi connectivity index (χ3v) is 5.62. The summed E-state index contributed by atoms with van der Waals surface area (Å²) in [6, 6.07) is 7.63. The van der Waals surface area contributed by atoms with Crippen LogP contribution in [0.5, 0.6) is 0 Å². The largest absolute Gasteiger partial charge is 0.477 e. The van der Waals surface area contributed by atoms with Gasteiger partial charge in [0, 0.05) is 30.2 Å². The molecule has 1 saturated carbocycles. The van der Waals surface area contributed by atoms with E-state index in [1.165, 1.54) is 24.5 Å². The minimum Gasteiger partial charge on any atom is -0.477 e. The summed E-state index contributed by atoms with van der Waals surface area (Å²) in [7, 11) is 0. The molecule has 0 radical (unpaired) electrons. The van der Waals surface area contributed by atoms with Crippen molar-refractivity contribution in [2.75, 3.05) is 5.32 Å². The molecule has 0 amide bonds. The smallest absolute Gasteiger partial charge is 0.341 e. The molecule has 2 aromatic heterocycles. The maximum Gasteiger partial charge on any atom is 0.341 e. The first-order chi connectivity index (χ1) is 16.3. The number of aromatic nitrogens is 3. The van der Waals surface area contributed by atoms with Crippen molar-refractivity contribution < 1.29 is 23.1 Å². The van der Waals surface area contributed by atoms with Crippen LogP contribution in [-0.4, -0.2) is 25.6 Å². The highest BCUT2D eigenvalue weighted by molar-refractivity contribution is 5.93. The number of rotatable bonds is 6. The zero-order chi connectivity index (χ0) is 24.0. The van der Waals surface area contributed by atoms with E-state index in [4.69, 9.17) is 0 Å². The van der Waals surface area contributed by atoms with Gasteiger partial charge in [-0.1, -0.05) is 6.07 Å². The lowest BCUT2D eigenvalue weighted by Crippen LogP contribution is -2.19. The molecule has 4 aromatic rings. The lowest BCUT2D eigenvalue weighted by Gasteiger charge is -2.14. The molecule has 5 rings (SSSR count). The quantitative estimate of drug-likeness (QED) is 0.432. The van der Waals surface area contributed by atoms with Gasteiger partial charge in [0.05, 0.1) is 16.9 Å². The van der Waals surface area contributed by atoms with Gasteiger partial charge in [-0.15, -0.1) is 0 Å². The van der Waals surface area contributed by atoms with Crippen molar-refractivity contribution in [3.05, 3.63) is 93.3 Å². The topological polar surface area (TPSA) is 97.1 Å². The predicted octanol–water partition coefficient (Wildman–Crippen LogP) is 4.58. The highest BCUT2D eigenvalue weighted by Crippen LogP contribution is 2.38. The van der Waals surface area contributed by atoms with Crippen LogP contribution in [0.1, 0.15) is 40.5 Å². The van der Waals surface area contributed by atoms with Crippen molar-refractivity contribution >= 4 is 28.5 Å². The van der Waals surface area contributed by atoms with Crippen LogP contribution < -0.4 is 10.7 Å². The first kappa shape index (κ1) is 21.6. The van der Waals surface area contributed by atoms with E-state index in [1.54, 1.807) is 10.6 Å². The van der Waals surface area contributed by atoms with Crippen LogP contribution in [0.4, 0.5) is 24.8 Å². The van der Waals surface area contributed by atoms with E-state index in [1.807, 2.05) is 0 Å². The second-order valence-electron chi connectivity index (χ2n) is 8.09. The highest BCUT2D eigenvalue weighted by atomic mass is 19.2. The molecular formula is C24H17F3N4O3. The van der Waals surface area contributed by atoms with Crippen molar-refractivity contribution in [1.29, 1.82) is 0 Å². The van der Waals surface area contributed by atoms with Crippen molar-refractivity contribution in [1.82, 2.24) is 14.5 Å². The van der Waals surface area contributed by atoms with Crippen molar-refractivity contribution in [2.24, 2.45) is 0 Å². The molecule has 1 fully saturated rings. The Labute approximate surface area is 190 Å². The molecule has 2 N–H and O–H groups in total. The Morgan fingerprint density at radius 3 is 2.59 bits per heavy atom. The third kappa shape index (κ3) is 4.09. The van der Waals surface area contributed by atoms with Crippen molar-refractivity contribution in [3.63, 3.8) is 0 Å². The second-order valence-corrected chi connectivity index (χ2v) is 8.09. The van der Waals surface area contributed by atoms with Gasteiger partial charge in [-0.25, -0.2) is 27.9 Å². The number of carboxylic acids is 1. The molecule has 0 unspecified atom stereocenters. The number of nitrogens with one attached hydrogen (secondary N) is 1. The first-order valence-corrected chi connectivity index (χ1v) is 10.4. The lowest BCUT2D eigenvalue weighted by atomic mass is 10.1. The van der Waals surface area contributed by atoms with Gasteiger partial charge in [0.25, 0.3) is 0 Å². The summed E-state index contributed by atoms with van der Waals surface area (Å²) in [5.41, 5.74) is 0.241. The molecule has 10 heteroatoms. The third-order valence-electron chi connectivity index (χ3n) is 5.62. The average molecular weight is 466 g/mol. The minimum absolute atomic E-state index is 0.00866. The Balaban J connectivity index is 1.50. The molecule has 0 spiro atoms. The van der Waals surface area contributed by atoms with Crippen LogP contribution in [-0.2, 0) is 6.42 Å². The second kappa shape index (κ2) is 8.29. The predicted molar refractivity (Wildman–Crippen MR) is 118 cm³/mol. The fourth-order valence-corrected chi connectivity index (χ4v) is 3.81. The summed E-state index contributed by atoms with van der Waals surface area (Å²) >= 11 is 0. The van der Waals surface area contributed by atoms with Crippen molar-refractivity contribution in [3.8, 4) is 0 Å². The van der Waals surface area contributed by atoms with Crippen LogP contribution in [0, 0.1) is 17.5 Å². The number of halogens is 3. The summed E-state index contributed by atoms with van der Waals surface area (Å²) in [6.07, 6.45) is 4.60. The number of carboxylic acid groups (broad SMARTS) is 1. The van der Waals surface area contributed by atoms with Crippen LogP contribution in [0.15, 0.2) is 53.6 Å². The molecular weight excluding hydrogens is 449 g/mol. The number of aromatic carboxylic acids is 1. The van der Waals surface area contributed by atoms with Gasteiger partial charge in [0.15, 0.2) is 11.6 Å². The molecule has 0 bridgehead atoms. The van der Waals surface area contributed by atoms with E-state index in [0.717, 1.165) is 31.0 Å². The Kier molecular flexibility index (Phi) is 5.27. The fraction of sp³-hybridized carbons (Fsp3) is 0.167. The maximum absolute atomic E-state index is 14.9. The molecule has 0 aliphatic heterocycles. The molecule has 2 aromatic carbocycles. The van der Waals surface area contributed by atoms with Gasteiger partial charge in [0.1, 0.15) is 11.4 Å². The average Bonchev–Trinajstić information content (AvgIpc) is 3.63. The van der Waals surface area contributed by atoms with Crippen LogP contribution in [0.25, 0.3) is 10.9 Å². The molecule has 0 saturated heterocycles. The fourth-order valence-electron chi connectivity index (χ4n) is 3.81. The SMILES string of the molecule is O=C(O)c1cn(C2CC2)c2cc(Nc3nccc(Cc4ccc(F)c(F)c4)n3)c(F)cc2c1=O. The maximum atomic E-state index is 14.9. The Morgan fingerprint density at radius 2 is 1.88 bits per heavy atom. The Hall–Kier alpha value is -4.21. The van der Waals surface area contributed by atoms with Crippen LogP contribution in [0.3, 0.4) is 0 Å². The van der Waals surface area contributed by atoms with E-state index in [0.29, 0.717) is 16.8 Å². The monoisotopic (exact) mass is 466 g/mol. The molecule has 7 nitrogen and oxygen atoms in total. The van der Waals surface area contributed by atoms with E-state index in [9.17, 15) is 27.9 Å². The summed E-state index contributed by atoms with van der Waals surface area (Å²) in [5.74, 6) is -3.98. The Morgan fingerprint density at radius 1 is 1.09 bits per heavy atom. The zero-order valence-corrected chi connectivity index (χ0v) is 17.6. The highest BCUT2D eigenvalue weighted by Gasteiger charge is 2.27. The van der Waals surface area contributed by atoms with Gasteiger partial charge >= 0.3 is 5.97 Å².